The van der Waals surface area contributed by atoms with Gasteiger partial charge in [0.15, 0.2) is 5.82 Å². The lowest BCUT2D eigenvalue weighted by Gasteiger charge is -2.29. The molecule has 0 atom stereocenters. The highest BCUT2D eigenvalue weighted by molar-refractivity contribution is 6.32. The van der Waals surface area contributed by atoms with Crippen LogP contribution in [0.3, 0.4) is 0 Å². The highest BCUT2D eigenvalue weighted by atomic mass is 35.5. The molecule has 0 spiro atoms. The Labute approximate surface area is 201 Å². The lowest BCUT2D eigenvalue weighted by Crippen LogP contribution is -2.36. The van der Waals surface area contributed by atoms with Gasteiger partial charge in [-0.3, -0.25) is 4.79 Å². The number of aromatic nitrogens is 2. The quantitative estimate of drug-likeness (QED) is 0.404. The van der Waals surface area contributed by atoms with E-state index in [1.54, 1.807) is 24.3 Å². The van der Waals surface area contributed by atoms with Crippen LogP contribution in [0.15, 0.2) is 61.3 Å². The Morgan fingerprint density at radius 3 is 2.62 bits per heavy atom. The Kier molecular flexibility index (Phi) is 7.56. The van der Waals surface area contributed by atoms with Crippen LogP contribution in [0.5, 0.6) is 0 Å². The van der Waals surface area contributed by atoms with Gasteiger partial charge in [-0.05, 0) is 42.0 Å². The predicted molar refractivity (Wildman–Crippen MR) is 132 cm³/mol. The molecular formula is C24H24ClFN6O2. The SMILES string of the molecule is C=CC(=O)Nc1ccc(CNc2nc(Nc3ccc(N4CCOCC4)c(F)c3)ncc2Cl)cc1. The molecule has 1 saturated heterocycles. The van der Waals surface area contributed by atoms with E-state index in [0.717, 1.165) is 5.56 Å². The Bertz CT molecular complexity index is 1170. The molecule has 2 heterocycles. The molecule has 34 heavy (non-hydrogen) atoms. The number of benzene rings is 2. The molecule has 8 nitrogen and oxygen atoms in total. The third-order valence-electron chi connectivity index (χ3n) is 5.17. The van der Waals surface area contributed by atoms with Crippen LogP contribution in [0.1, 0.15) is 5.56 Å². The highest BCUT2D eigenvalue weighted by Gasteiger charge is 2.16. The zero-order valence-corrected chi connectivity index (χ0v) is 19.1. The second-order valence-corrected chi connectivity index (χ2v) is 7.93. The molecule has 0 aliphatic carbocycles. The Morgan fingerprint density at radius 1 is 1.18 bits per heavy atom. The lowest BCUT2D eigenvalue weighted by atomic mass is 10.2. The molecule has 0 unspecified atom stereocenters. The summed E-state index contributed by atoms with van der Waals surface area (Å²) in [5, 5.41) is 9.24. The van der Waals surface area contributed by atoms with Gasteiger partial charge in [-0.25, -0.2) is 9.37 Å². The van der Waals surface area contributed by atoms with E-state index < -0.39 is 0 Å². The molecule has 0 radical (unpaired) electrons. The van der Waals surface area contributed by atoms with Crippen molar-refractivity contribution in [3.8, 4) is 0 Å². The van der Waals surface area contributed by atoms with E-state index >= 15 is 0 Å². The molecular weight excluding hydrogens is 459 g/mol. The summed E-state index contributed by atoms with van der Waals surface area (Å²) in [6.45, 7) is 6.37. The molecule has 3 aromatic rings. The molecule has 10 heteroatoms. The van der Waals surface area contributed by atoms with E-state index in [2.05, 4.69) is 32.5 Å². The Hall–Kier alpha value is -3.69. The van der Waals surface area contributed by atoms with E-state index in [1.165, 1.54) is 18.3 Å². The smallest absolute Gasteiger partial charge is 0.247 e. The van der Waals surface area contributed by atoms with Crippen molar-refractivity contribution < 1.29 is 13.9 Å². The molecule has 1 fully saturated rings. The number of carbonyl (C=O) groups excluding carboxylic acids is 1. The summed E-state index contributed by atoms with van der Waals surface area (Å²) < 4.78 is 20.0. The van der Waals surface area contributed by atoms with Crippen molar-refractivity contribution in [2.24, 2.45) is 0 Å². The van der Waals surface area contributed by atoms with Crippen LogP contribution in [0, 0.1) is 5.82 Å². The summed E-state index contributed by atoms with van der Waals surface area (Å²) in [4.78, 5) is 21.9. The normalized spacial score (nSPS) is 13.3. The lowest BCUT2D eigenvalue weighted by molar-refractivity contribution is -0.111. The first-order chi connectivity index (χ1) is 16.5. The first-order valence-electron chi connectivity index (χ1n) is 10.7. The number of anilines is 5. The number of nitrogens with one attached hydrogen (secondary N) is 3. The fourth-order valence-corrected chi connectivity index (χ4v) is 3.57. The van der Waals surface area contributed by atoms with Crippen LogP contribution in [0.25, 0.3) is 0 Å². The van der Waals surface area contributed by atoms with Gasteiger partial charge in [0.2, 0.25) is 11.9 Å². The van der Waals surface area contributed by atoms with Crippen molar-refractivity contribution >= 4 is 46.3 Å². The summed E-state index contributed by atoms with van der Waals surface area (Å²) in [5.41, 5.74) is 2.71. The largest absolute Gasteiger partial charge is 0.378 e. The van der Waals surface area contributed by atoms with E-state index in [0.29, 0.717) is 60.8 Å². The maximum atomic E-state index is 14.7. The number of hydrogen-bond donors (Lipinski definition) is 3. The molecule has 1 amide bonds. The van der Waals surface area contributed by atoms with Crippen molar-refractivity contribution in [3.05, 3.63) is 77.7 Å². The Morgan fingerprint density at radius 2 is 1.91 bits per heavy atom. The second-order valence-electron chi connectivity index (χ2n) is 7.52. The minimum atomic E-state index is -0.327. The topological polar surface area (TPSA) is 91.4 Å². The summed E-state index contributed by atoms with van der Waals surface area (Å²) >= 11 is 6.25. The molecule has 0 saturated carbocycles. The summed E-state index contributed by atoms with van der Waals surface area (Å²) in [6.07, 6.45) is 2.69. The number of rotatable bonds is 8. The number of ether oxygens (including phenoxy) is 1. The van der Waals surface area contributed by atoms with Crippen LogP contribution in [0.4, 0.5) is 33.2 Å². The zero-order valence-electron chi connectivity index (χ0n) is 18.4. The van der Waals surface area contributed by atoms with Crippen molar-refractivity contribution in [1.82, 2.24) is 9.97 Å². The van der Waals surface area contributed by atoms with Gasteiger partial charge in [-0.1, -0.05) is 30.3 Å². The third kappa shape index (κ3) is 6.00. The van der Waals surface area contributed by atoms with Crippen LogP contribution < -0.4 is 20.9 Å². The molecule has 176 valence electrons. The fourth-order valence-electron chi connectivity index (χ4n) is 3.41. The first kappa shape index (κ1) is 23.5. The van der Waals surface area contributed by atoms with Crippen LogP contribution >= 0.6 is 11.6 Å². The van der Waals surface area contributed by atoms with Gasteiger partial charge in [-0.2, -0.15) is 4.98 Å². The first-order valence-corrected chi connectivity index (χ1v) is 11.1. The minimum Gasteiger partial charge on any atom is -0.378 e. The minimum absolute atomic E-state index is 0.269. The monoisotopic (exact) mass is 482 g/mol. The van der Waals surface area contributed by atoms with Gasteiger partial charge in [0.1, 0.15) is 10.8 Å². The molecule has 1 aliphatic heterocycles. The Balaban J connectivity index is 1.39. The van der Waals surface area contributed by atoms with E-state index in [9.17, 15) is 9.18 Å². The molecule has 3 N–H and O–H groups in total. The molecule has 1 aliphatic rings. The number of morpholine rings is 1. The van der Waals surface area contributed by atoms with Gasteiger partial charge < -0.3 is 25.6 Å². The van der Waals surface area contributed by atoms with Gasteiger partial charge >= 0.3 is 0 Å². The molecule has 1 aromatic heterocycles. The number of nitrogens with zero attached hydrogens (tertiary/aromatic N) is 3. The van der Waals surface area contributed by atoms with Gasteiger partial charge in [0.25, 0.3) is 0 Å². The maximum absolute atomic E-state index is 14.7. The van der Waals surface area contributed by atoms with Crippen molar-refractivity contribution in [2.45, 2.75) is 6.54 Å². The molecule has 4 rings (SSSR count). The van der Waals surface area contributed by atoms with E-state index in [-0.39, 0.29) is 17.7 Å². The number of carbonyl (C=O) groups is 1. The average molecular weight is 483 g/mol. The summed E-state index contributed by atoms with van der Waals surface area (Å²) in [6, 6.07) is 12.3. The van der Waals surface area contributed by atoms with E-state index in [1.807, 2.05) is 17.0 Å². The third-order valence-corrected chi connectivity index (χ3v) is 5.44. The average Bonchev–Trinajstić information content (AvgIpc) is 2.86. The van der Waals surface area contributed by atoms with Crippen LogP contribution in [0.2, 0.25) is 5.02 Å². The van der Waals surface area contributed by atoms with Crippen LogP contribution in [-0.4, -0.2) is 42.2 Å². The number of halogens is 2. The fraction of sp³-hybridized carbons (Fsp3) is 0.208. The number of hydrogen-bond acceptors (Lipinski definition) is 7. The standard InChI is InChI=1S/C24H24ClFN6O2/c1-2-22(33)29-17-5-3-16(4-6-17)14-27-23-19(25)15-28-24(31-23)30-18-7-8-21(20(26)13-18)32-9-11-34-12-10-32/h2-8,13,15H,1,9-12,14H2,(H,29,33)(H2,27,28,30,31). The molecule has 0 bridgehead atoms. The van der Waals surface area contributed by atoms with Gasteiger partial charge in [-0.15, -0.1) is 0 Å². The van der Waals surface area contributed by atoms with Crippen LogP contribution in [-0.2, 0) is 16.1 Å². The van der Waals surface area contributed by atoms with Crippen molar-refractivity contribution in [2.75, 3.05) is 47.2 Å². The number of amides is 1. The molecule has 2 aromatic carbocycles. The van der Waals surface area contributed by atoms with Crippen molar-refractivity contribution in [1.29, 1.82) is 0 Å². The second kappa shape index (κ2) is 11.0. The summed E-state index contributed by atoms with van der Waals surface area (Å²) in [5.74, 6) is 0.128. The van der Waals surface area contributed by atoms with E-state index in [4.69, 9.17) is 16.3 Å². The highest BCUT2D eigenvalue weighted by Crippen LogP contribution is 2.26. The van der Waals surface area contributed by atoms with Crippen molar-refractivity contribution in [3.63, 3.8) is 0 Å². The maximum Gasteiger partial charge on any atom is 0.247 e. The predicted octanol–water partition coefficient (Wildman–Crippen LogP) is 4.59. The van der Waals surface area contributed by atoms with Gasteiger partial charge in [0.05, 0.1) is 25.1 Å². The summed E-state index contributed by atoms with van der Waals surface area (Å²) in [7, 11) is 0. The zero-order chi connectivity index (χ0) is 23.9. The van der Waals surface area contributed by atoms with Gasteiger partial charge in [0, 0.05) is 31.0 Å².